The van der Waals surface area contributed by atoms with Gasteiger partial charge in [0.2, 0.25) is 5.91 Å². The van der Waals surface area contributed by atoms with Crippen molar-refractivity contribution in [3.05, 3.63) is 0 Å². The van der Waals surface area contributed by atoms with Crippen molar-refractivity contribution in [2.24, 2.45) is 0 Å². The van der Waals surface area contributed by atoms with Crippen molar-refractivity contribution in [1.29, 1.82) is 0 Å². The van der Waals surface area contributed by atoms with Crippen LogP contribution in [0.2, 0.25) is 0 Å². The molecule has 0 fully saturated rings. The van der Waals surface area contributed by atoms with Crippen LogP contribution < -0.4 is 10.6 Å². The van der Waals surface area contributed by atoms with Crippen molar-refractivity contribution in [2.75, 3.05) is 13.7 Å². The second kappa shape index (κ2) is 8.52. The van der Waals surface area contributed by atoms with Gasteiger partial charge in [0.1, 0.15) is 6.04 Å². The first kappa shape index (κ1) is 18.4. The van der Waals surface area contributed by atoms with E-state index in [0.717, 1.165) is 0 Å². The van der Waals surface area contributed by atoms with E-state index in [-0.39, 0.29) is 30.7 Å². The summed E-state index contributed by atoms with van der Waals surface area (Å²) in [6.45, 7) is 6.38. The predicted molar refractivity (Wildman–Crippen MR) is 73.2 cm³/mol. The molecule has 0 aliphatic heterocycles. The van der Waals surface area contributed by atoms with Gasteiger partial charge in [-0.05, 0) is 27.2 Å². The minimum Gasteiger partial charge on any atom is -0.480 e. The standard InChI is InChI=1S/C13H24N2O5/c1-13(2,3)14-8-7-10(16)15-9(12(18)19)5-6-11(17)20-4/h9,14H,5-8H2,1-4H3,(H,15,16)(H,18,19). The van der Waals surface area contributed by atoms with Crippen molar-refractivity contribution >= 4 is 17.8 Å². The molecule has 0 aliphatic carbocycles. The van der Waals surface area contributed by atoms with Gasteiger partial charge in [-0.1, -0.05) is 0 Å². The molecule has 0 spiro atoms. The summed E-state index contributed by atoms with van der Waals surface area (Å²) in [7, 11) is 1.23. The summed E-state index contributed by atoms with van der Waals surface area (Å²) < 4.78 is 4.43. The molecule has 0 bridgehead atoms. The Morgan fingerprint density at radius 1 is 1.20 bits per heavy atom. The van der Waals surface area contributed by atoms with Gasteiger partial charge >= 0.3 is 11.9 Å². The Balaban J connectivity index is 4.15. The summed E-state index contributed by atoms with van der Waals surface area (Å²) in [5.74, 6) is -2.02. The Kier molecular flexibility index (Phi) is 7.83. The van der Waals surface area contributed by atoms with Crippen LogP contribution in [0, 0.1) is 0 Å². The minimum absolute atomic E-state index is 0.0143. The molecule has 1 unspecified atom stereocenters. The van der Waals surface area contributed by atoms with Gasteiger partial charge in [0, 0.05) is 24.9 Å². The summed E-state index contributed by atoms with van der Waals surface area (Å²) in [6.07, 6.45) is 0.147. The van der Waals surface area contributed by atoms with Crippen molar-refractivity contribution in [3.63, 3.8) is 0 Å². The molecule has 116 valence electrons. The van der Waals surface area contributed by atoms with Gasteiger partial charge in [0.25, 0.3) is 0 Å². The number of nitrogens with one attached hydrogen (secondary N) is 2. The molecular formula is C13H24N2O5. The highest BCUT2D eigenvalue weighted by Gasteiger charge is 2.21. The first-order valence-electron chi connectivity index (χ1n) is 6.49. The fourth-order valence-corrected chi connectivity index (χ4v) is 1.44. The zero-order valence-corrected chi connectivity index (χ0v) is 12.5. The minimum atomic E-state index is -1.16. The monoisotopic (exact) mass is 288 g/mol. The maximum Gasteiger partial charge on any atom is 0.326 e. The number of carbonyl (C=O) groups excluding carboxylic acids is 2. The first-order chi connectivity index (χ1) is 9.15. The third-order valence-electron chi connectivity index (χ3n) is 2.51. The smallest absolute Gasteiger partial charge is 0.326 e. The van der Waals surface area contributed by atoms with E-state index < -0.39 is 18.0 Å². The number of rotatable bonds is 8. The van der Waals surface area contributed by atoms with Gasteiger partial charge in [-0.2, -0.15) is 0 Å². The lowest BCUT2D eigenvalue weighted by Gasteiger charge is -2.20. The van der Waals surface area contributed by atoms with E-state index in [1.54, 1.807) is 0 Å². The van der Waals surface area contributed by atoms with E-state index in [4.69, 9.17) is 5.11 Å². The number of methoxy groups -OCH3 is 1. The Labute approximate surface area is 119 Å². The van der Waals surface area contributed by atoms with Crippen molar-refractivity contribution < 1.29 is 24.2 Å². The number of aliphatic carboxylic acids is 1. The lowest BCUT2D eigenvalue weighted by Crippen LogP contribution is -2.43. The topological polar surface area (TPSA) is 105 Å². The van der Waals surface area contributed by atoms with Crippen LogP contribution in [0.3, 0.4) is 0 Å². The van der Waals surface area contributed by atoms with Crippen LogP contribution in [0.15, 0.2) is 0 Å². The van der Waals surface area contributed by atoms with Crippen LogP contribution in [-0.4, -0.2) is 48.2 Å². The second-order valence-corrected chi connectivity index (χ2v) is 5.50. The number of amides is 1. The van der Waals surface area contributed by atoms with E-state index in [2.05, 4.69) is 15.4 Å². The van der Waals surface area contributed by atoms with E-state index in [0.29, 0.717) is 6.54 Å². The Hall–Kier alpha value is -1.63. The van der Waals surface area contributed by atoms with Crippen molar-refractivity contribution in [1.82, 2.24) is 10.6 Å². The van der Waals surface area contributed by atoms with Gasteiger partial charge in [0.05, 0.1) is 7.11 Å². The highest BCUT2D eigenvalue weighted by molar-refractivity contribution is 5.84. The van der Waals surface area contributed by atoms with Crippen molar-refractivity contribution in [2.45, 2.75) is 51.6 Å². The summed E-state index contributed by atoms with van der Waals surface area (Å²) in [4.78, 5) is 33.6. The number of esters is 1. The van der Waals surface area contributed by atoms with Gasteiger partial charge in [-0.25, -0.2) is 4.79 Å². The molecular weight excluding hydrogens is 264 g/mol. The van der Waals surface area contributed by atoms with E-state index in [1.165, 1.54) is 7.11 Å². The predicted octanol–water partition coefficient (Wildman–Crippen LogP) is 0.287. The molecule has 0 aromatic heterocycles. The SMILES string of the molecule is COC(=O)CCC(NC(=O)CCNC(C)(C)C)C(=O)O. The number of carboxylic acid groups (broad SMARTS) is 1. The van der Waals surface area contributed by atoms with Gasteiger partial charge in [-0.3, -0.25) is 9.59 Å². The molecule has 3 N–H and O–H groups in total. The van der Waals surface area contributed by atoms with Gasteiger partial charge in [-0.15, -0.1) is 0 Å². The average Bonchev–Trinajstić information content (AvgIpc) is 2.31. The molecule has 1 amide bonds. The fourth-order valence-electron chi connectivity index (χ4n) is 1.44. The third-order valence-corrected chi connectivity index (χ3v) is 2.51. The van der Waals surface area contributed by atoms with E-state index >= 15 is 0 Å². The van der Waals surface area contributed by atoms with Crippen LogP contribution in [0.25, 0.3) is 0 Å². The first-order valence-corrected chi connectivity index (χ1v) is 6.49. The Bertz CT molecular complexity index is 349. The zero-order chi connectivity index (χ0) is 15.8. The molecule has 0 aromatic rings. The zero-order valence-electron chi connectivity index (χ0n) is 12.5. The average molecular weight is 288 g/mol. The van der Waals surface area contributed by atoms with Crippen LogP contribution in [-0.2, 0) is 19.1 Å². The van der Waals surface area contributed by atoms with E-state index in [9.17, 15) is 14.4 Å². The van der Waals surface area contributed by atoms with Crippen LogP contribution in [0.5, 0.6) is 0 Å². The summed E-state index contributed by atoms with van der Waals surface area (Å²) >= 11 is 0. The highest BCUT2D eigenvalue weighted by Crippen LogP contribution is 2.01. The number of hydrogen-bond donors (Lipinski definition) is 3. The molecule has 0 aromatic carbocycles. The summed E-state index contributed by atoms with van der Waals surface area (Å²) in [6, 6.07) is -1.07. The number of carboxylic acids is 1. The Morgan fingerprint density at radius 2 is 1.80 bits per heavy atom. The molecule has 7 nitrogen and oxygen atoms in total. The number of hydrogen-bond acceptors (Lipinski definition) is 5. The molecule has 0 radical (unpaired) electrons. The van der Waals surface area contributed by atoms with Crippen LogP contribution in [0.1, 0.15) is 40.0 Å². The normalized spacial score (nSPS) is 12.6. The van der Waals surface area contributed by atoms with E-state index in [1.807, 2.05) is 20.8 Å². The molecule has 0 heterocycles. The summed E-state index contributed by atoms with van der Waals surface area (Å²) in [5, 5.41) is 14.5. The Morgan fingerprint density at radius 3 is 2.25 bits per heavy atom. The van der Waals surface area contributed by atoms with Crippen LogP contribution >= 0.6 is 0 Å². The maximum absolute atomic E-state index is 11.6. The molecule has 0 saturated heterocycles. The third kappa shape index (κ3) is 9.32. The van der Waals surface area contributed by atoms with Crippen LogP contribution in [0.4, 0.5) is 0 Å². The fraction of sp³-hybridized carbons (Fsp3) is 0.769. The van der Waals surface area contributed by atoms with Gasteiger partial charge < -0.3 is 20.5 Å². The maximum atomic E-state index is 11.6. The largest absolute Gasteiger partial charge is 0.480 e. The van der Waals surface area contributed by atoms with Crippen molar-refractivity contribution in [3.8, 4) is 0 Å². The molecule has 0 saturated carbocycles. The number of ether oxygens (including phenoxy) is 1. The molecule has 0 aliphatic rings. The second-order valence-electron chi connectivity index (χ2n) is 5.50. The highest BCUT2D eigenvalue weighted by atomic mass is 16.5. The summed E-state index contributed by atoms with van der Waals surface area (Å²) in [5.41, 5.74) is -0.0998. The lowest BCUT2D eigenvalue weighted by molar-refractivity contribution is -0.144. The number of carbonyl (C=O) groups is 3. The molecule has 0 rings (SSSR count). The lowest BCUT2D eigenvalue weighted by atomic mass is 10.1. The quantitative estimate of drug-likeness (QED) is 0.554. The molecule has 1 atom stereocenters. The molecule has 20 heavy (non-hydrogen) atoms. The van der Waals surface area contributed by atoms with Gasteiger partial charge in [0.15, 0.2) is 0 Å². The molecule has 7 heteroatoms.